The van der Waals surface area contributed by atoms with E-state index in [9.17, 15) is 0 Å². The average Bonchev–Trinajstić information content (AvgIpc) is 2.66. The van der Waals surface area contributed by atoms with Gasteiger partial charge in [-0.3, -0.25) is 0 Å². The van der Waals surface area contributed by atoms with Crippen molar-refractivity contribution >= 4 is 33.4 Å². The van der Waals surface area contributed by atoms with Gasteiger partial charge in [-0.25, -0.2) is 0 Å². The van der Waals surface area contributed by atoms with Gasteiger partial charge in [0.05, 0.1) is 0 Å². The van der Waals surface area contributed by atoms with E-state index in [4.69, 9.17) is 15.7 Å². The Bertz CT molecular complexity index is 362. The van der Waals surface area contributed by atoms with Crippen LogP contribution < -0.4 is 21.2 Å². The van der Waals surface area contributed by atoms with Gasteiger partial charge in [0.25, 0.3) is 0 Å². The SMILES string of the molecule is [B]C1=CC=C([B])C23[I-]C2SN=C13. The van der Waals surface area contributed by atoms with Crippen LogP contribution in [0.25, 0.3) is 0 Å². The molecule has 1 nitrogen and oxygen atoms in total. The van der Waals surface area contributed by atoms with E-state index < -0.39 is 0 Å². The molecule has 0 N–H and O–H groups in total. The van der Waals surface area contributed by atoms with Crippen LogP contribution in [0.3, 0.4) is 0 Å². The number of hydrogen-bond acceptors (Lipinski definition) is 2. The van der Waals surface area contributed by atoms with E-state index in [-0.39, 0.29) is 24.6 Å². The molecule has 2 heterocycles. The van der Waals surface area contributed by atoms with Gasteiger partial charge in [0, 0.05) is 0 Å². The second-order valence-electron chi connectivity index (χ2n) is 2.93. The summed E-state index contributed by atoms with van der Waals surface area (Å²) in [7, 11) is 11.8. The minimum absolute atomic E-state index is 0.155. The molecule has 2 aliphatic heterocycles. The number of alkyl halides is 2. The summed E-state index contributed by atoms with van der Waals surface area (Å²) in [4.78, 5) is 0. The molecule has 3 rings (SSSR count). The van der Waals surface area contributed by atoms with Crippen molar-refractivity contribution in [1.29, 1.82) is 0 Å². The number of hydrogen-bond donors (Lipinski definition) is 0. The van der Waals surface area contributed by atoms with E-state index in [0.717, 1.165) is 16.7 Å². The zero-order valence-corrected chi connectivity index (χ0v) is 9.09. The molecule has 2 atom stereocenters. The molecule has 4 radical (unpaired) electrons. The Morgan fingerprint density at radius 1 is 1.50 bits per heavy atom. The van der Waals surface area contributed by atoms with E-state index >= 15 is 0 Å². The number of halogens is 1. The standard InChI is InChI=1S/C7H3B2INS/c8-3-1-2-4(9)7-5(3)11-12-6(7)10-7/h1-2,6H/q-1. The van der Waals surface area contributed by atoms with Crippen molar-refractivity contribution in [3.05, 3.63) is 23.1 Å². The van der Waals surface area contributed by atoms with Gasteiger partial charge in [-0.1, -0.05) is 0 Å². The maximum atomic E-state index is 5.95. The summed E-state index contributed by atoms with van der Waals surface area (Å²) in [5, 5.41) is 0. The van der Waals surface area contributed by atoms with Gasteiger partial charge < -0.3 is 0 Å². The van der Waals surface area contributed by atoms with Crippen molar-refractivity contribution in [1.82, 2.24) is 0 Å². The molecule has 2 unspecified atom stereocenters. The monoisotopic (exact) mass is 282 g/mol. The Labute approximate surface area is 88.4 Å². The molecule has 0 aromatic heterocycles. The predicted octanol–water partition coefficient (Wildman–Crippen LogP) is -2.62. The van der Waals surface area contributed by atoms with Gasteiger partial charge in [-0.2, -0.15) is 0 Å². The minimum atomic E-state index is 0.155. The topological polar surface area (TPSA) is 12.4 Å². The quantitative estimate of drug-likeness (QED) is 0.205. The molecule has 56 valence electrons. The van der Waals surface area contributed by atoms with Crippen molar-refractivity contribution < 1.29 is 21.2 Å². The summed E-state index contributed by atoms with van der Waals surface area (Å²) >= 11 is 1.84. The summed E-state index contributed by atoms with van der Waals surface area (Å²) in [6.07, 6.45) is 3.81. The molecular formula is C7H3B2INS-. The molecule has 1 fully saturated rings. The molecule has 0 bridgehead atoms. The predicted molar refractivity (Wildman–Crippen MR) is 49.2 cm³/mol. The first-order chi connectivity index (χ1) is 5.75. The normalized spacial score (nSPS) is 43.0. The molecule has 1 aliphatic carbocycles. The van der Waals surface area contributed by atoms with Crippen LogP contribution in [0.1, 0.15) is 0 Å². The Balaban J connectivity index is 2.20. The van der Waals surface area contributed by atoms with Crippen LogP contribution in [-0.4, -0.2) is 28.1 Å². The van der Waals surface area contributed by atoms with Gasteiger partial charge >= 0.3 is 88.7 Å². The zero-order chi connectivity index (χ0) is 8.34. The van der Waals surface area contributed by atoms with Gasteiger partial charge in [0.2, 0.25) is 0 Å². The van der Waals surface area contributed by atoms with Crippen molar-refractivity contribution in [3.8, 4) is 0 Å². The Morgan fingerprint density at radius 2 is 2.33 bits per heavy atom. The summed E-state index contributed by atoms with van der Waals surface area (Å²) in [6, 6.07) is 0. The van der Waals surface area contributed by atoms with Gasteiger partial charge in [-0.05, 0) is 0 Å². The molecule has 12 heavy (non-hydrogen) atoms. The molecule has 3 aliphatic rings. The Morgan fingerprint density at radius 3 is 3.00 bits per heavy atom. The van der Waals surface area contributed by atoms with Gasteiger partial charge in [-0.15, -0.1) is 0 Å². The van der Waals surface area contributed by atoms with E-state index in [1.807, 2.05) is 12.2 Å². The van der Waals surface area contributed by atoms with Gasteiger partial charge in [0.15, 0.2) is 0 Å². The third-order valence-corrected chi connectivity index (χ3v) is 8.35. The van der Waals surface area contributed by atoms with Gasteiger partial charge in [0.1, 0.15) is 0 Å². The van der Waals surface area contributed by atoms with Crippen LogP contribution in [0.4, 0.5) is 0 Å². The summed E-state index contributed by atoms with van der Waals surface area (Å²) < 4.78 is 5.19. The summed E-state index contributed by atoms with van der Waals surface area (Å²) in [6.45, 7) is 0. The van der Waals surface area contributed by atoms with E-state index in [1.54, 1.807) is 11.9 Å². The Kier molecular flexibility index (Phi) is 1.44. The maximum absolute atomic E-state index is 5.95. The van der Waals surface area contributed by atoms with E-state index in [1.165, 1.54) is 0 Å². The first-order valence-electron chi connectivity index (χ1n) is 3.58. The van der Waals surface area contributed by atoms with E-state index in [2.05, 4.69) is 4.40 Å². The summed E-state index contributed by atoms with van der Waals surface area (Å²) in [5.74, 6) is 0. The molecule has 1 saturated heterocycles. The van der Waals surface area contributed by atoms with Crippen LogP contribution in [0, 0.1) is 0 Å². The van der Waals surface area contributed by atoms with Crippen molar-refractivity contribution in [2.24, 2.45) is 4.40 Å². The molecule has 0 aromatic carbocycles. The van der Waals surface area contributed by atoms with E-state index in [0.29, 0.717) is 3.26 Å². The van der Waals surface area contributed by atoms with Crippen molar-refractivity contribution in [2.45, 2.75) is 6.68 Å². The van der Waals surface area contributed by atoms with Crippen LogP contribution in [0.5, 0.6) is 0 Å². The second kappa shape index (κ2) is 2.23. The Hall–Kier alpha value is 0.360. The molecular weight excluding hydrogens is 279 g/mol. The number of nitrogens with zero attached hydrogens (tertiary/aromatic N) is 1. The first kappa shape index (κ1) is 7.73. The van der Waals surface area contributed by atoms with Crippen molar-refractivity contribution in [3.63, 3.8) is 0 Å². The third-order valence-electron chi connectivity index (χ3n) is 2.25. The fourth-order valence-corrected chi connectivity index (χ4v) is 7.16. The third kappa shape index (κ3) is 0.726. The summed E-state index contributed by atoms with van der Waals surface area (Å²) in [5.41, 5.74) is 2.86. The number of rotatable bonds is 0. The van der Waals surface area contributed by atoms with Crippen LogP contribution in [-0.2, 0) is 0 Å². The van der Waals surface area contributed by atoms with Crippen LogP contribution in [0.15, 0.2) is 27.5 Å². The second-order valence-corrected chi connectivity index (χ2v) is 8.21. The molecule has 0 amide bonds. The average molecular weight is 282 g/mol. The van der Waals surface area contributed by atoms with Crippen LogP contribution in [0.2, 0.25) is 0 Å². The molecule has 0 saturated carbocycles. The molecule has 1 spiro atoms. The number of allylic oxidation sites excluding steroid dienone is 4. The van der Waals surface area contributed by atoms with Crippen molar-refractivity contribution in [2.75, 3.05) is 0 Å². The first-order valence-corrected chi connectivity index (χ1v) is 6.74. The molecule has 0 aromatic rings. The van der Waals surface area contributed by atoms with Crippen LogP contribution >= 0.6 is 11.9 Å². The fourth-order valence-electron chi connectivity index (χ4n) is 1.52. The zero-order valence-electron chi connectivity index (χ0n) is 6.12. The molecule has 5 heteroatoms. The fraction of sp³-hybridized carbons (Fsp3) is 0.286.